The van der Waals surface area contributed by atoms with Crippen LogP contribution in [0.15, 0.2) is 40.9 Å². The molecule has 0 aromatic heterocycles. The molecule has 8 heteroatoms. The summed E-state index contributed by atoms with van der Waals surface area (Å²) in [4.78, 5) is 33.6. The monoisotopic (exact) mass is 393 g/mol. The van der Waals surface area contributed by atoms with Crippen molar-refractivity contribution in [1.82, 2.24) is 0 Å². The highest BCUT2D eigenvalue weighted by atomic mass is 79.9. The van der Waals surface area contributed by atoms with Gasteiger partial charge in [0.1, 0.15) is 11.8 Å². The van der Waals surface area contributed by atoms with E-state index in [2.05, 4.69) is 15.9 Å². The number of benzene rings is 2. The Morgan fingerprint density at radius 3 is 2.67 bits per heavy atom. The lowest BCUT2D eigenvalue weighted by molar-refractivity contribution is -0.385. The molecule has 0 amide bonds. The maximum absolute atomic E-state index is 12.3. The highest BCUT2D eigenvalue weighted by Gasteiger charge is 2.23. The van der Waals surface area contributed by atoms with Gasteiger partial charge in [-0.3, -0.25) is 14.9 Å². The zero-order valence-electron chi connectivity index (χ0n) is 12.5. The van der Waals surface area contributed by atoms with Crippen LogP contribution < -0.4 is 9.47 Å². The van der Waals surface area contributed by atoms with Crippen LogP contribution in [0.2, 0.25) is 0 Å². The molecule has 2 aromatic rings. The molecule has 0 unspecified atom stereocenters. The number of nitro benzene ring substituents is 1. The summed E-state index contributed by atoms with van der Waals surface area (Å²) in [6.45, 7) is 2.01. The fraction of sp³-hybridized carbons (Fsp3) is 0.125. The first-order chi connectivity index (χ1) is 11.5. The Kier molecular flexibility index (Phi) is 5.64. The van der Waals surface area contributed by atoms with Crippen molar-refractivity contribution in [3.8, 4) is 11.5 Å². The lowest BCUT2D eigenvalue weighted by atomic mass is 10.2. The van der Waals surface area contributed by atoms with E-state index in [0.717, 1.165) is 0 Å². The zero-order valence-corrected chi connectivity index (χ0v) is 14.1. The van der Waals surface area contributed by atoms with Crippen LogP contribution >= 0.6 is 15.9 Å². The highest BCUT2D eigenvalue weighted by Crippen LogP contribution is 2.37. The molecule has 0 heterocycles. The van der Waals surface area contributed by atoms with Gasteiger partial charge in [-0.2, -0.15) is 0 Å². The lowest BCUT2D eigenvalue weighted by Gasteiger charge is -2.13. The van der Waals surface area contributed by atoms with E-state index in [1.165, 1.54) is 36.4 Å². The number of aldehydes is 1. The van der Waals surface area contributed by atoms with Gasteiger partial charge in [-0.1, -0.05) is 12.1 Å². The molecule has 2 rings (SSSR count). The number of para-hydroxylation sites is 1. The minimum Gasteiger partial charge on any atom is -0.490 e. The normalized spacial score (nSPS) is 10.1. The van der Waals surface area contributed by atoms with Gasteiger partial charge in [-0.25, -0.2) is 4.79 Å². The van der Waals surface area contributed by atoms with E-state index in [1.807, 2.05) is 0 Å². The van der Waals surface area contributed by atoms with E-state index < -0.39 is 10.9 Å². The Hall–Kier alpha value is -2.74. The second kappa shape index (κ2) is 7.69. The van der Waals surface area contributed by atoms with Crippen molar-refractivity contribution in [2.24, 2.45) is 0 Å². The summed E-state index contributed by atoms with van der Waals surface area (Å²) in [7, 11) is 0. The third kappa shape index (κ3) is 3.77. The van der Waals surface area contributed by atoms with E-state index in [4.69, 9.17) is 9.47 Å². The summed E-state index contributed by atoms with van der Waals surface area (Å²) in [5.41, 5.74) is -0.215. The fourth-order valence-electron chi connectivity index (χ4n) is 1.97. The number of rotatable bonds is 6. The van der Waals surface area contributed by atoms with Gasteiger partial charge in [-0.15, -0.1) is 0 Å². The first-order valence-electron chi connectivity index (χ1n) is 6.85. The van der Waals surface area contributed by atoms with Crippen molar-refractivity contribution in [3.05, 3.63) is 62.1 Å². The maximum atomic E-state index is 12.3. The predicted molar refractivity (Wildman–Crippen MR) is 88.8 cm³/mol. The molecule has 0 saturated carbocycles. The average molecular weight is 394 g/mol. The van der Waals surface area contributed by atoms with Crippen LogP contribution in [0.25, 0.3) is 0 Å². The van der Waals surface area contributed by atoms with Crippen LogP contribution in [-0.2, 0) is 0 Å². The maximum Gasteiger partial charge on any atom is 0.350 e. The van der Waals surface area contributed by atoms with Gasteiger partial charge in [-0.05, 0) is 41.1 Å². The topological polar surface area (TPSA) is 95.7 Å². The fourth-order valence-corrected chi connectivity index (χ4v) is 2.51. The van der Waals surface area contributed by atoms with Crippen molar-refractivity contribution in [2.45, 2.75) is 6.92 Å². The number of nitrogens with zero attached hydrogens (tertiary/aromatic N) is 1. The largest absolute Gasteiger partial charge is 0.490 e. The molecule has 24 heavy (non-hydrogen) atoms. The molecule has 7 nitrogen and oxygen atoms in total. The van der Waals surface area contributed by atoms with E-state index in [-0.39, 0.29) is 29.4 Å². The Bertz CT molecular complexity index is 805. The van der Waals surface area contributed by atoms with Gasteiger partial charge in [0.15, 0.2) is 11.5 Å². The van der Waals surface area contributed by atoms with Crippen molar-refractivity contribution >= 4 is 33.9 Å². The van der Waals surface area contributed by atoms with Gasteiger partial charge >= 0.3 is 5.97 Å². The number of esters is 1. The molecule has 0 bridgehead atoms. The number of halogens is 1. The lowest BCUT2D eigenvalue weighted by Crippen LogP contribution is -2.12. The minimum absolute atomic E-state index is 0.0469. The van der Waals surface area contributed by atoms with Crippen molar-refractivity contribution in [2.75, 3.05) is 6.61 Å². The van der Waals surface area contributed by atoms with Gasteiger partial charge in [0, 0.05) is 11.6 Å². The molecular weight excluding hydrogens is 382 g/mol. The summed E-state index contributed by atoms with van der Waals surface area (Å²) in [6, 6.07) is 8.34. The Labute approximate surface area is 145 Å². The number of carbonyl (C=O) groups excluding carboxylic acids is 2. The third-order valence-electron chi connectivity index (χ3n) is 2.98. The Balaban J connectivity index is 2.42. The molecule has 0 spiro atoms. The second-order valence-corrected chi connectivity index (χ2v) is 5.40. The second-order valence-electron chi connectivity index (χ2n) is 4.54. The zero-order chi connectivity index (χ0) is 17.7. The van der Waals surface area contributed by atoms with Crippen LogP contribution in [0.4, 0.5) is 5.69 Å². The summed E-state index contributed by atoms with van der Waals surface area (Å²) in [5, 5.41) is 11.0. The van der Waals surface area contributed by atoms with Crippen LogP contribution in [0.3, 0.4) is 0 Å². The van der Waals surface area contributed by atoms with Crippen LogP contribution in [0, 0.1) is 10.1 Å². The standard InChI is InChI=1S/C16H12BrNO6/c1-2-23-14-8-10(9-19)7-12(17)15(14)24-16(20)11-5-3-4-6-13(11)18(21)22/h3-9H,2H2,1H3. The van der Waals surface area contributed by atoms with Gasteiger partial charge in [0.25, 0.3) is 5.69 Å². The Morgan fingerprint density at radius 2 is 2.04 bits per heavy atom. The average Bonchev–Trinajstić information content (AvgIpc) is 2.57. The molecule has 0 aliphatic carbocycles. The molecule has 0 aliphatic heterocycles. The first-order valence-corrected chi connectivity index (χ1v) is 7.64. The predicted octanol–water partition coefficient (Wildman–Crippen LogP) is 3.79. The van der Waals surface area contributed by atoms with Gasteiger partial charge in [0.2, 0.25) is 0 Å². The molecule has 0 saturated heterocycles. The van der Waals surface area contributed by atoms with Crippen molar-refractivity contribution in [3.63, 3.8) is 0 Å². The van der Waals surface area contributed by atoms with E-state index in [0.29, 0.717) is 16.3 Å². The summed E-state index contributed by atoms with van der Waals surface area (Å²) in [5.74, 6) is -0.672. The number of ether oxygens (including phenoxy) is 2. The molecule has 0 aliphatic rings. The number of carbonyl (C=O) groups is 2. The highest BCUT2D eigenvalue weighted by molar-refractivity contribution is 9.10. The number of hydrogen-bond acceptors (Lipinski definition) is 6. The number of nitro groups is 1. The number of hydrogen-bond donors (Lipinski definition) is 0. The van der Waals surface area contributed by atoms with Gasteiger partial charge < -0.3 is 9.47 Å². The summed E-state index contributed by atoms with van der Waals surface area (Å²) < 4.78 is 11.0. The Morgan fingerprint density at radius 1 is 1.33 bits per heavy atom. The van der Waals surface area contributed by atoms with Crippen LogP contribution in [-0.4, -0.2) is 23.8 Å². The van der Waals surface area contributed by atoms with E-state index in [1.54, 1.807) is 6.92 Å². The minimum atomic E-state index is -0.900. The smallest absolute Gasteiger partial charge is 0.350 e. The van der Waals surface area contributed by atoms with Crippen molar-refractivity contribution < 1.29 is 24.0 Å². The quantitative estimate of drug-likeness (QED) is 0.243. The molecule has 0 atom stereocenters. The van der Waals surface area contributed by atoms with Crippen LogP contribution in [0.1, 0.15) is 27.6 Å². The molecule has 0 radical (unpaired) electrons. The summed E-state index contributed by atoms with van der Waals surface area (Å²) >= 11 is 3.21. The van der Waals surface area contributed by atoms with E-state index in [9.17, 15) is 19.7 Å². The molecule has 124 valence electrons. The molecule has 2 aromatic carbocycles. The molecular formula is C16H12BrNO6. The SMILES string of the molecule is CCOc1cc(C=O)cc(Br)c1OC(=O)c1ccccc1[N+](=O)[O-]. The molecule has 0 fully saturated rings. The molecule has 0 N–H and O–H groups in total. The van der Waals surface area contributed by atoms with Crippen LogP contribution in [0.5, 0.6) is 11.5 Å². The first kappa shape index (κ1) is 17.6. The third-order valence-corrected chi connectivity index (χ3v) is 3.57. The summed E-state index contributed by atoms with van der Waals surface area (Å²) in [6.07, 6.45) is 0.626. The van der Waals surface area contributed by atoms with E-state index >= 15 is 0 Å². The van der Waals surface area contributed by atoms with Crippen molar-refractivity contribution in [1.29, 1.82) is 0 Å². The van der Waals surface area contributed by atoms with Gasteiger partial charge in [0.05, 0.1) is 16.0 Å².